The van der Waals surface area contributed by atoms with E-state index in [1.807, 2.05) is 17.4 Å². The molecule has 3 amide bonds. The molecule has 0 spiro atoms. The molecule has 3 aromatic rings. The van der Waals surface area contributed by atoms with Crippen LogP contribution in [0.15, 0.2) is 59.5 Å². The summed E-state index contributed by atoms with van der Waals surface area (Å²) in [7, 11) is 0. The summed E-state index contributed by atoms with van der Waals surface area (Å²) in [6.45, 7) is 1.68. The van der Waals surface area contributed by atoms with Gasteiger partial charge in [0.1, 0.15) is 13.2 Å². The monoisotopic (exact) mass is 576 g/mol. The Morgan fingerprint density at radius 1 is 1.00 bits per heavy atom. The maximum absolute atomic E-state index is 13.8. The fourth-order valence-electron chi connectivity index (χ4n) is 3.49. The standard InChI is InChI=1S/C27H20ClF3N2O5S/c1-2-37-21-11-16(5-10-20(21)38-14-15-3-6-17(28)7-4-15)12-22-26(35)33(27(36)39-22)13-23(34)32-19-9-8-18(29)24(30)25(19)31/h3-12H,2,13-14H2,1H3,(H,32,34)/b22-12+. The van der Waals surface area contributed by atoms with Crippen LogP contribution in [0.3, 0.4) is 0 Å². The van der Waals surface area contributed by atoms with Gasteiger partial charge in [0.2, 0.25) is 5.91 Å². The van der Waals surface area contributed by atoms with Gasteiger partial charge in [0.25, 0.3) is 11.1 Å². The van der Waals surface area contributed by atoms with Crippen LogP contribution in [0, 0.1) is 17.5 Å². The van der Waals surface area contributed by atoms with Gasteiger partial charge in [0, 0.05) is 5.02 Å². The lowest BCUT2D eigenvalue weighted by Crippen LogP contribution is -2.36. The van der Waals surface area contributed by atoms with E-state index in [0.717, 1.165) is 11.6 Å². The Kier molecular flexibility index (Phi) is 8.82. The molecule has 0 unspecified atom stereocenters. The van der Waals surface area contributed by atoms with Crippen LogP contribution in [0.4, 0.5) is 23.7 Å². The first-order valence-electron chi connectivity index (χ1n) is 11.5. The van der Waals surface area contributed by atoms with Crippen LogP contribution in [-0.4, -0.2) is 35.1 Å². The van der Waals surface area contributed by atoms with Crippen molar-refractivity contribution in [3.05, 3.63) is 93.1 Å². The van der Waals surface area contributed by atoms with Crippen molar-refractivity contribution in [3.63, 3.8) is 0 Å². The average Bonchev–Trinajstić information content (AvgIpc) is 3.17. The molecule has 0 aromatic heterocycles. The maximum Gasteiger partial charge on any atom is 0.294 e. The number of anilines is 1. The lowest BCUT2D eigenvalue weighted by molar-refractivity contribution is -0.127. The third-order valence-electron chi connectivity index (χ3n) is 5.36. The van der Waals surface area contributed by atoms with E-state index in [4.69, 9.17) is 21.1 Å². The smallest absolute Gasteiger partial charge is 0.294 e. The van der Waals surface area contributed by atoms with Gasteiger partial charge >= 0.3 is 0 Å². The molecule has 0 saturated carbocycles. The zero-order chi connectivity index (χ0) is 28.1. The molecule has 202 valence electrons. The van der Waals surface area contributed by atoms with E-state index >= 15 is 0 Å². The van der Waals surface area contributed by atoms with Crippen LogP contribution in [0.25, 0.3) is 6.08 Å². The Labute approximate surface area is 230 Å². The van der Waals surface area contributed by atoms with Crippen molar-refractivity contribution < 1.29 is 37.0 Å². The van der Waals surface area contributed by atoms with Gasteiger partial charge in [-0.2, -0.15) is 0 Å². The van der Waals surface area contributed by atoms with Gasteiger partial charge in [-0.05, 0) is 72.3 Å². The van der Waals surface area contributed by atoms with E-state index in [2.05, 4.69) is 0 Å². The van der Waals surface area contributed by atoms with Gasteiger partial charge in [-0.25, -0.2) is 13.2 Å². The number of carbonyl (C=O) groups is 3. The van der Waals surface area contributed by atoms with Gasteiger partial charge in [-0.3, -0.25) is 19.3 Å². The predicted octanol–water partition coefficient (Wildman–Crippen LogP) is 6.41. The highest BCUT2D eigenvalue weighted by molar-refractivity contribution is 8.18. The molecule has 0 radical (unpaired) electrons. The largest absolute Gasteiger partial charge is 0.490 e. The Morgan fingerprint density at radius 2 is 1.74 bits per heavy atom. The molecule has 0 bridgehead atoms. The fraction of sp³-hybridized carbons (Fsp3) is 0.148. The van der Waals surface area contributed by atoms with Gasteiger partial charge in [-0.1, -0.05) is 29.8 Å². The molecule has 3 aromatic carbocycles. The van der Waals surface area contributed by atoms with Crippen molar-refractivity contribution >= 4 is 52.2 Å². The summed E-state index contributed by atoms with van der Waals surface area (Å²) in [6.07, 6.45) is 1.46. The second-order valence-electron chi connectivity index (χ2n) is 8.09. The number of benzene rings is 3. The summed E-state index contributed by atoms with van der Waals surface area (Å²) < 4.78 is 51.9. The third-order valence-corrected chi connectivity index (χ3v) is 6.52. The number of hydrogen-bond donors (Lipinski definition) is 1. The molecule has 1 heterocycles. The first kappa shape index (κ1) is 28.1. The summed E-state index contributed by atoms with van der Waals surface area (Å²) in [5.41, 5.74) is 0.815. The number of halogens is 4. The van der Waals surface area contributed by atoms with Gasteiger partial charge in [0.05, 0.1) is 17.2 Å². The number of ether oxygens (including phenoxy) is 2. The minimum atomic E-state index is -1.75. The summed E-state index contributed by atoms with van der Waals surface area (Å²) in [6, 6.07) is 13.6. The SMILES string of the molecule is CCOc1cc(/C=C2/SC(=O)N(CC(=O)Nc3ccc(F)c(F)c3F)C2=O)ccc1OCc1ccc(Cl)cc1. The molecule has 0 aliphatic carbocycles. The molecule has 4 rings (SSSR count). The first-order valence-corrected chi connectivity index (χ1v) is 12.7. The van der Waals surface area contributed by atoms with E-state index in [9.17, 15) is 27.6 Å². The van der Waals surface area contributed by atoms with E-state index in [-0.39, 0.29) is 11.5 Å². The fourth-order valence-corrected chi connectivity index (χ4v) is 4.45. The van der Waals surface area contributed by atoms with Crippen molar-refractivity contribution in [2.75, 3.05) is 18.5 Å². The highest BCUT2D eigenvalue weighted by Gasteiger charge is 2.36. The summed E-state index contributed by atoms with van der Waals surface area (Å²) in [4.78, 5) is 38.2. The number of nitrogens with one attached hydrogen (secondary N) is 1. The molecule has 1 N–H and O–H groups in total. The lowest BCUT2D eigenvalue weighted by atomic mass is 10.1. The van der Waals surface area contributed by atoms with Gasteiger partial charge in [0.15, 0.2) is 29.0 Å². The van der Waals surface area contributed by atoms with Crippen molar-refractivity contribution in [2.24, 2.45) is 0 Å². The molecule has 1 aliphatic rings. The second-order valence-corrected chi connectivity index (χ2v) is 9.52. The van der Waals surface area contributed by atoms with Gasteiger partial charge < -0.3 is 14.8 Å². The molecule has 1 saturated heterocycles. The van der Waals surface area contributed by atoms with E-state index in [0.29, 0.717) is 51.4 Å². The number of thioether (sulfide) groups is 1. The minimum absolute atomic E-state index is 0.0455. The quantitative estimate of drug-likeness (QED) is 0.234. The molecule has 7 nitrogen and oxygen atoms in total. The molecule has 1 aliphatic heterocycles. The lowest BCUT2D eigenvalue weighted by Gasteiger charge is -2.13. The molecule has 0 atom stereocenters. The van der Waals surface area contributed by atoms with Crippen LogP contribution in [-0.2, 0) is 16.2 Å². The zero-order valence-electron chi connectivity index (χ0n) is 20.3. The van der Waals surface area contributed by atoms with Crippen molar-refractivity contribution in [1.82, 2.24) is 4.90 Å². The highest BCUT2D eigenvalue weighted by Crippen LogP contribution is 2.35. The number of amides is 3. The van der Waals surface area contributed by atoms with Crippen LogP contribution in [0.1, 0.15) is 18.1 Å². The Balaban J connectivity index is 1.45. The van der Waals surface area contributed by atoms with Crippen LogP contribution in [0.5, 0.6) is 11.5 Å². The average molecular weight is 577 g/mol. The molecule has 12 heteroatoms. The minimum Gasteiger partial charge on any atom is -0.490 e. The number of carbonyl (C=O) groups excluding carboxylic acids is 3. The van der Waals surface area contributed by atoms with Crippen molar-refractivity contribution in [1.29, 1.82) is 0 Å². The first-order chi connectivity index (χ1) is 18.7. The molecular weight excluding hydrogens is 557 g/mol. The molecule has 39 heavy (non-hydrogen) atoms. The number of imide groups is 1. The Bertz CT molecular complexity index is 1470. The normalized spacial score (nSPS) is 14.2. The van der Waals surface area contributed by atoms with Crippen molar-refractivity contribution in [2.45, 2.75) is 13.5 Å². The van der Waals surface area contributed by atoms with Crippen molar-refractivity contribution in [3.8, 4) is 11.5 Å². The Hall–Kier alpha value is -3.96. The zero-order valence-corrected chi connectivity index (χ0v) is 21.9. The molecule has 1 fully saturated rings. The van der Waals surface area contributed by atoms with Crippen LogP contribution < -0.4 is 14.8 Å². The summed E-state index contributed by atoms with van der Waals surface area (Å²) in [5.74, 6) is -5.59. The third kappa shape index (κ3) is 6.73. The van der Waals surface area contributed by atoms with Crippen LogP contribution in [0.2, 0.25) is 5.02 Å². The summed E-state index contributed by atoms with van der Waals surface area (Å²) >= 11 is 6.53. The van der Waals surface area contributed by atoms with E-state index in [1.165, 1.54) is 6.08 Å². The second kappa shape index (κ2) is 12.3. The topological polar surface area (TPSA) is 84.9 Å². The van der Waals surface area contributed by atoms with Crippen LogP contribution >= 0.6 is 23.4 Å². The number of hydrogen-bond acceptors (Lipinski definition) is 6. The van der Waals surface area contributed by atoms with E-state index in [1.54, 1.807) is 37.3 Å². The van der Waals surface area contributed by atoms with Gasteiger partial charge in [-0.15, -0.1) is 0 Å². The van der Waals surface area contributed by atoms with E-state index < -0.39 is 46.7 Å². The predicted molar refractivity (Wildman–Crippen MR) is 141 cm³/mol. The maximum atomic E-state index is 13.8. The molecular formula is C27H20ClF3N2O5S. The number of rotatable bonds is 9. The highest BCUT2D eigenvalue weighted by atomic mass is 35.5. The Morgan fingerprint density at radius 3 is 2.46 bits per heavy atom. The summed E-state index contributed by atoms with van der Waals surface area (Å²) in [5, 5.41) is 1.92. The number of nitrogens with zero attached hydrogens (tertiary/aromatic N) is 1.